The first kappa shape index (κ1) is 14.9. The van der Waals surface area contributed by atoms with Gasteiger partial charge in [0.05, 0.1) is 11.6 Å². The Labute approximate surface area is 130 Å². The largest absolute Gasteiger partial charge is 0.496 e. The molecule has 1 fully saturated rings. The summed E-state index contributed by atoms with van der Waals surface area (Å²) in [5.74, 6) is 1.42. The molecule has 3 nitrogen and oxygen atoms in total. The molecule has 1 aromatic carbocycles. The summed E-state index contributed by atoms with van der Waals surface area (Å²) in [6, 6.07) is 5.42. The minimum absolute atomic E-state index is 0.0568. The van der Waals surface area contributed by atoms with Gasteiger partial charge in [0.1, 0.15) is 5.75 Å². The first-order valence-corrected chi connectivity index (χ1v) is 7.95. The number of nitrogens with zero attached hydrogens (tertiary/aromatic N) is 1. The molecule has 0 heterocycles. The topological polar surface area (TPSA) is 29.5 Å². The summed E-state index contributed by atoms with van der Waals surface area (Å²) in [5, 5.41) is 0. The molecule has 1 aliphatic carbocycles. The van der Waals surface area contributed by atoms with Crippen LogP contribution in [0.5, 0.6) is 5.75 Å². The number of amides is 1. The van der Waals surface area contributed by atoms with Crippen molar-refractivity contribution in [1.82, 2.24) is 4.90 Å². The van der Waals surface area contributed by atoms with Crippen molar-refractivity contribution < 1.29 is 9.53 Å². The van der Waals surface area contributed by atoms with E-state index in [4.69, 9.17) is 4.74 Å². The molecule has 1 aliphatic rings. The van der Waals surface area contributed by atoms with Crippen LogP contribution in [0.4, 0.5) is 0 Å². The summed E-state index contributed by atoms with van der Waals surface area (Å²) >= 11 is 6.98. The smallest absolute Gasteiger partial charge is 0.253 e. The zero-order valence-corrected chi connectivity index (χ0v) is 14.2. The van der Waals surface area contributed by atoms with Gasteiger partial charge in [0.2, 0.25) is 0 Å². The monoisotopic (exact) mass is 389 g/mol. The summed E-state index contributed by atoms with van der Waals surface area (Å²) < 4.78 is 5.97. The molecule has 1 saturated carbocycles. The lowest BCUT2D eigenvalue weighted by molar-refractivity contribution is 0.0748. The van der Waals surface area contributed by atoms with E-state index in [-0.39, 0.29) is 5.91 Å². The van der Waals surface area contributed by atoms with E-state index < -0.39 is 0 Å². The summed E-state index contributed by atoms with van der Waals surface area (Å²) in [6.07, 6.45) is 2.31. The standard InChI is InChI=1S/C14H17Br2NO2/c1-17(8-9-5-11(15)6-9)14(18)10-3-4-13(19-2)12(16)7-10/h3-4,7,9,11H,5-6,8H2,1-2H3. The Kier molecular flexibility index (Phi) is 4.90. The van der Waals surface area contributed by atoms with Gasteiger partial charge in [-0.1, -0.05) is 15.9 Å². The first-order valence-electron chi connectivity index (χ1n) is 6.24. The van der Waals surface area contributed by atoms with Gasteiger partial charge < -0.3 is 9.64 Å². The molecule has 104 valence electrons. The highest BCUT2D eigenvalue weighted by Crippen LogP contribution is 2.34. The molecule has 1 aromatic rings. The molecular weight excluding hydrogens is 374 g/mol. The number of halogens is 2. The Bertz CT molecular complexity index is 473. The van der Waals surface area contributed by atoms with Crippen LogP contribution in [-0.2, 0) is 0 Å². The number of alkyl halides is 1. The maximum atomic E-state index is 12.3. The third kappa shape index (κ3) is 3.51. The normalized spacial score (nSPS) is 21.7. The second-order valence-corrected chi connectivity index (χ2v) is 7.12. The molecule has 5 heteroatoms. The molecule has 0 aliphatic heterocycles. The van der Waals surface area contributed by atoms with E-state index in [0.29, 0.717) is 16.3 Å². The lowest BCUT2D eigenvalue weighted by Gasteiger charge is -2.34. The van der Waals surface area contributed by atoms with Crippen molar-refractivity contribution in [3.05, 3.63) is 28.2 Å². The average Bonchev–Trinajstić information content (AvgIpc) is 2.35. The van der Waals surface area contributed by atoms with E-state index in [1.165, 1.54) is 0 Å². The van der Waals surface area contributed by atoms with Crippen LogP contribution in [0, 0.1) is 5.92 Å². The molecular formula is C14H17Br2NO2. The molecule has 19 heavy (non-hydrogen) atoms. The number of ether oxygens (including phenoxy) is 1. The molecule has 0 saturated heterocycles. The van der Waals surface area contributed by atoms with E-state index in [2.05, 4.69) is 31.9 Å². The zero-order valence-electron chi connectivity index (χ0n) is 11.0. The SMILES string of the molecule is COc1ccc(C(=O)N(C)CC2CC(Br)C2)cc1Br. The summed E-state index contributed by atoms with van der Waals surface area (Å²) in [4.78, 5) is 14.7. The summed E-state index contributed by atoms with van der Waals surface area (Å²) in [5.41, 5.74) is 0.685. The fraction of sp³-hybridized carbons (Fsp3) is 0.500. The van der Waals surface area contributed by atoms with Gasteiger partial charge in [-0.2, -0.15) is 0 Å². The maximum absolute atomic E-state index is 12.3. The van der Waals surface area contributed by atoms with E-state index in [9.17, 15) is 4.79 Å². The fourth-order valence-corrected chi connectivity index (χ4v) is 3.89. The predicted octanol–water partition coefficient (Wildman–Crippen LogP) is 3.70. The predicted molar refractivity (Wildman–Crippen MR) is 83.1 cm³/mol. The van der Waals surface area contributed by atoms with Crippen LogP contribution in [0.2, 0.25) is 0 Å². The Morgan fingerprint density at radius 2 is 2.16 bits per heavy atom. The number of carbonyl (C=O) groups excluding carboxylic acids is 1. The van der Waals surface area contributed by atoms with Crippen LogP contribution in [0.1, 0.15) is 23.2 Å². The summed E-state index contributed by atoms with van der Waals surface area (Å²) in [6.45, 7) is 0.824. The van der Waals surface area contributed by atoms with Gasteiger partial charge in [0.25, 0.3) is 5.91 Å². The Balaban J connectivity index is 2.00. The van der Waals surface area contributed by atoms with Crippen LogP contribution in [0.25, 0.3) is 0 Å². The number of hydrogen-bond donors (Lipinski definition) is 0. The molecule has 0 spiro atoms. The first-order chi connectivity index (χ1) is 9.01. The zero-order chi connectivity index (χ0) is 14.0. The van der Waals surface area contributed by atoms with Gasteiger partial charge in [-0.05, 0) is 52.9 Å². The second-order valence-electron chi connectivity index (χ2n) is 4.97. The molecule has 1 amide bonds. The van der Waals surface area contributed by atoms with Crippen molar-refractivity contribution in [2.75, 3.05) is 20.7 Å². The lowest BCUT2D eigenvalue weighted by atomic mass is 9.85. The van der Waals surface area contributed by atoms with Crippen LogP contribution < -0.4 is 4.74 Å². The quantitative estimate of drug-likeness (QED) is 0.733. The molecule has 0 bridgehead atoms. The fourth-order valence-electron chi connectivity index (χ4n) is 2.29. The number of rotatable bonds is 4. The van der Waals surface area contributed by atoms with E-state index in [1.54, 1.807) is 18.1 Å². The van der Waals surface area contributed by atoms with Gasteiger partial charge >= 0.3 is 0 Å². The third-order valence-corrected chi connectivity index (χ3v) is 4.82. The van der Waals surface area contributed by atoms with Crippen LogP contribution in [0.15, 0.2) is 22.7 Å². The Morgan fingerprint density at radius 1 is 1.47 bits per heavy atom. The van der Waals surface area contributed by atoms with E-state index in [1.807, 2.05) is 19.2 Å². The molecule has 0 unspecified atom stereocenters. The van der Waals surface area contributed by atoms with Crippen molar-refractivity contribution in [1.29, 1.82) is 0 Å². The van der Waals surface area contributed by atoms with E-state index in [0.717, 1.165) is 29.6 Å². The van der Waals surface area contributed by atoms with E-state index >= 15 is 0 Å². The highest BCUT2D eigenvalue weighted by molar-refractivity contribution is 9.10. The minimum Gasteiger partial charge on any atom is -0.496 e. The molecule has 0 N–H and O–H groups in total. The summed E-state index contributed by atoms with van der Waals surface area (Å²) in [7, 11) is 3.48. The van der Waals surface area contributed by atoms with Crippen molar-refractivity contribution in [3.8, 4) is 5.75 Å². The van der Waals surface area contributed by atoms with Crippen molar-refractivity contribution in [2.45, 2.75) is 17.7 Å². The molecule has 2 rings (SSSR count). The van der Waals surface area contributed by atoms with Gasteiger partial charge in [-0.25, -0.2) is 0 Å². The van der Waals surface area contributed by atoms with Gasteiger partial charge in [-0.3, -0.25) is 4.79 Å². The number of benzene rings is 1. The maximum Gasteiger partial charge on any atom is 0.253 e. The number of hydrogen-bond acceptors (Lipinski definition) is 2. The molecule has 0 atom stereocenters. The van der Waals surface area contributed by atoms with Crippen LogP contribution in [0.3, 0.4) is 0 Å². The number of carbonyl (C=O) groups is 1. The third-order valence-electron chi connectivity index (χ3n) is 3.46. The minimum atomic E-state index is 0.0568. The van der Waals surface area contributed by atoms with Gasteiger partial charge in [-0.15, -0.1) is 0 Å². The Hall–Kier alpha value is -0.550. The Morgan fingerprint density at radius 3 is 2.68 bits per heavy atom. The number of methoxy groups -OCH3 is 1. The molecule has 0 aromatic heterocycles. The van der Waals surface area contributed by atoms with Gasteiger partial charge in [0, 0.05) is 24.0 Å². The average molecular weight is 391 g/mol. The van der Waals surface area contributed by atoms with Crippen molar-refractivity contribution in [2.24, 2.45) is 5.92 Å². The van der Waals surface area contributed by atoms with Crippen LogP contribution in [-0.4, -0.2) is 36.3 Å². The van der Waals surface area contributed by atoms with Crippen LogP contribution >= 0.6 is 31.9 Å². The van der Waals surface area contributed by atoms with Crippen molar-refractivity contribution >= 4 is 37.8 Å². The highest BCUT2D eigenvalue weighted by Gasteiger charge is 2.29. The van der Waals surface area contributed by atoms with Crippen molar-refractivity contribution in [3.63, 3.8) is 0 Å². The molecule has 0 radical (unpaired) electrons. The lowest BCUT2D eigenvalue weighted by Crippen LogP contribution is -2.37. The second kappa shape index (κ2) is 6.27. The highest BCUT2D eigenvalue weighted by atomic mass is 79.9. The van der Waals surface area contributed by atoms with Gasteiger partial charge in [0.15, 0.2) is 0 Å².